The lowest BCUT2D eigenvalue weighted by atomic mass is 9.93. The molecule has 2 aromatic heterocycles. The minimum absolute atomic E-state index is 0.000789. The predicted octanol–water partition coefficient (Wildman–Crippen LogP) is 2.32. The fourth-order valence-electron chi connectivity index (χ4n) is 3.50. The van der Waals surface area contributed by atoms with Crippen LogP contribution in [-0.2, 0) is 11.8 Å². The molecular formula is C18H26N6O. The normalized spacial score (nSPS) is 21.0. The molecule has 2 aromatic rings. The van der Waals surface area contributed by atoms with E-state index in [4.69, 9.17) is 0 Å². The molecule has 7 nitrogen and oxygen atoms in total. The molecule has 7 heteroatoms. The second-order valence-corrected chi connectivity index (χ2v) is 7.76. The minimum Gasteiger partial charge on any atom is -0.354 e. The molecule has 0 unspecified atom stereocenters. The lowest BCUT2D eigenvalue weighted by Gasteiger charge is -2.38. The molecule has 0 bridgehead atoms. The van der Waals surface area contributed by atoms with Crippen LogP contribution in [0.3, 0.4) is 0 Å². The van der Waals surface area contributed by atoms with Crippen molar-refractivity contribution in [3.05, 3.63) is 35.9 Å². The second kappa shape index (κ2) is 6.46. The molecule has 0 saturated carbocycles. The highest BCUT2D eigenvalue weighted by Crippen LogP contribution is 2.42. The first kappa shape index (κ1) is 17.4. The molecule has 134 valence electrons. The van der Waals surface area contributed by atoms with Crippen molar-refractivity contribution in [3.8, 4) is 0 Å². The molecule has 1 fully saturated rings. The zero-order chi connectivity index (χ0) is 18.2. The van der Waals surface area contributed by atoms with Crippen LogP contribution in [0.5, 0.6) is 0 Å². The first-order chi connectivity index (χ1) is 11.8. The Morgan fingerprint density at radius 3 is 2.48 bits per heavy atom. The SMILES string of the molecule is Cc1cnc(NC[C@@H]2CC(=O)N(C(C)(C)C)[C@H]2c2cnn(C)c2)nc1. The van der Waals surface area contributed by atoms with Crippen molar-refractivity contribution in [2.45, 2.75) is 45.7 Å². The second-order valence-electron chi connectivity index (χ2n) is 7.76. The predicted molar refractivity (Wildman–Crippen MR) is 95.9 cm³/mol. The van der Waals surface area contributed by atoms with E-state index < -0.39 is 0 Å². The van der Waals surface area contributed by atoms with E-state index in [2.05, 4.69) is 41.2 Å². The van der Waals surface area contributed by atoms with Crippen LogP contribution in [0.1, 0.15) is 44.4 Å². The number of likely N-dealkylation sites (tertiary alicyclic amines) is 1. The monoisotopic (exact) mass is 342 g/mol. The number of carbonyl (C=O) groups is 1. The number of nitrogens with one attached hydrogen (secondary N) is 1. The van der Waals surface area contributed by atoms with Crippen LogP contribution in [0.25, 0.3) is 0 Å². The van der Waals surface area contributed by atoms with Crippen molar-refractivity contribution in [3.63, 3.8) is 0 Å². The summed E-state index contributed by atoms with van der Waals surface area (Å²) in [6, 6.07) is -0.000789. The molecule has 1 saturated heterocycles. The van der Waals surface area contributed by atoms with Crippen molar-refractivity contribution in [1.82, 2.24) is 24.6 Å². The van der Waals surface area contributed by atoms with Crippen molar-refractivity contribution in [2.75, 3.05) is 11.9 Å². The van der Waals surface area contributed by atoms with Gasteiger partial charge in [0, 0.05) is 55.6 Å². The van der Waals surface area contributed by atoms with Gasteiger partial charge in [0.25, 0.3) is 0 Å². The van der Waals surface area contributed by atoms with Gasteiger partial charge in [0.05, 0.1) is 12.2 Å². The van der Waals surface area contributed by atoms with Crippen LogP contribution in [0.4, 0.5) is 5.95 Å². The van der Waals surface area contributed by atoms with E-state index in [0.29, 0.717) is 18.9 Å². The van der Waals surface area contributed by atoms with Crippen molar-refractivity contribution in [1.29, 1.82) is 0 Å². The van der Waals surface area contributed by atoms with Crippen molar-refractivity contribution in [2.24, 2.45) is 13.0 Å². The van der Waals surface area contributed by atoms with Gasteiger partial charge in [-0.3, -0.25) is 9.48 Å². The lowest BCUT2D eigenvalue weighted by Crippen LogP contribution is -2.44. The fourth-order valence-corrected chi connectivity index (χ4v) is 3.50. The van der Waals surface area contributed by atoms with Crippen LogP contribution < -0.4 is 5.32 Å². The molecule has 25 heavy (non-hydrogen) atoms. The summed E-state index contributed by atoms with van der Waals surface area (Å²) in [6.45, 7) is 8.83. The highest BCUT2D eigenvalue weighted by atomic mass is 16.2. The van der Waals surface area contributed by atoms with E-state index in [1.165, 1.54) is 0 Å². The van der Waals surface area contributed by atoms with Gasteiger partial charge in [-0.15, -0.1) is 0 Å². The van der Waals surface area contributed by atoms with Crippen LogP contribution in [0.2, 0.25) is 0 Å². The van der Waals surface area contributed by atoms with Gasteiger partial charge in [-0.2, -0.15) is 5.10 Å². The third-order valence-electron chi connectivity index (χ3n) is 4.52. The maximum absolute atomic E-state index is 12.7. The third kappa shape index (κ3) is 3.65. The fraction of sp³-hybridized carbons (Fsp3) is 0.556. The number of anilines is 1. The van der Waals surface area contributed by atoms with Crippen LogP contribution >= 0.6 is 0 Å². The Hall–Kier alpha value is -2.44. The minimum atomic E-state index is -0.243. The quantitative estimate of drug-likeness (QED) is 0.923. The van der Waals surface area contributed by atoms with E-state index in [9.17, 15) is 4.79 Å². The topological polar surface area (TPSA) is 75.9 Å². The molecule has 2 atom stereocenters. The molecule has 1 aliphatic heterocycles. The summed E-state index contributed by atoms with van der Waals surface area (Å²) in [5, 5.41) is 7.58. The van der Waals surface area contributed by atoms with Gasteiger partial charge < -0.3 is 10.2 Å². The van der Waals surface area contributed by atoms with Gasteiger partial charge >= 0.3 is 0 Å². The van der Waals surface area contributed by atoms with Gasteiger partial charge in [0.15, 0.2) is 0 Å². The molecule has 1 amide bonds. The number of rotatable bonds is 4. The van der Waals surface area contributed by atoms with Crippen LogP contribution in [-0.4, -0.2) is 42.6 Å². The number of hydrogen-bond acceptors (Lipinski definition) is 5. The Kier molecular flexibility index (Phi) is 4.49. The molecule has 0 spiro atoms. The average Bonchev–Trinajstić information content (AvgIpc) is 3.09. The summed E-state index contributed by atoms with van der Waals surface area (Å²) in [7, 11) is 1.90. The van der Waals surface area contributed by atoms with Crippen molar-refractivity contribution >= 4 is 11.9 Å². The van der Waals surface area contributed by atoms with E-state index >= 15 is 0 Å². The lowest BCUT2D eigenvalue weighted by molar-refractivity contribution is -0.133. The smallest absolute Gasteiger partial charge is 0.223 e. The number of nitrogens with zero attached hydrogens (tertiary/aromatic N) is 5. The molecule has 1 aliphatic rings. The first-order valence-corrected chi connectivity index (χ1v) is 8.59. The van der Waals surface area contributed by atoms with Gasteiger partial charge in [-0.25, -0.2) is 9.97 Å². The Morgan fingerprint density at radius 1 is 1.24 bits per heavy atom. The maximum atomic E-state index is 12.7. The average molecular weight is 342 g/mol. The van der Waals surface area contributed by atoms with E-state index in [1.54, 1.807) is 17.1 Å². The van der Waals surface area contributed by atoms with Gasteiger partial charge in [0.1, 0.15) is 0 Å². The zero-order valence-electron chi connectivity index (χ0n) is 15.5. The Morgan fingerprint density at radius 2 is 1.92 bits per heavy atom. The molecule has 3 heterocycles. The summed E-state index contributed by atoms with van der Waals surface area (Å²) in [5.41, 5.74) is 1.85. The van der Waals surface area contributed by atoms with Crippen LogP contribution in [0.15, 0.2) is 24.8 Å². The van der Waals surface area contributed by atoms with Crippen molar-refractivity contribution < 1.29 is 4.79 Å². The largest absolute Gasteiger partial charge is 0.354 e. The number of aromatic nitrogens is 4. The summed E-state index contributed by atoms with van der Waals surface area (Å²) in [5.74, 6) is 0.913. The number of hydrogen-bond donors (Lipinski definition) is 1. The molecule has 3 rings (SSSR count). The summed E-state index contributed by atoms with van der Waals surface area (Å²) in [4.78, 5) is 23.3. The summed E-state index contributed by atoms with van der Waals surface area (Å²) >= 11 is 0. The van der Waals surface area contributed by atoms with E-state index in [0.717, 1.165) is 11.1 Å². The molecule has 0 radical (unpaired) electrons. The molecule has 0 aliphatic carbocycles. The van der Waals surface area contributed by atoms with Gasteiger partial charge in [-0.1, -0.05) is 0 Å². The number of carbonyl (C=O) groups excluding carboxylic acids is 1. The van der Waals surface area contributed by atoms with Gasteiger partial charge in [-0.05, 0) is 33.3 Å². The highest BCUT2D eigenvalue weighted by Gasteiger charge is 2.45. The zero-order valence-corrected chi connectivity index (χ0v) is 15.5. The highest BCUT2D eigenvalue weighted by molar-refractivity contribution is 5.80. The molecule has 1 N–H and O–H groups in total. The molecule has 0 aromatic carbocycles. The van der Waals surface area contributed by atoms with Gasteiger partial charge in [0.2, 0.25) is 11.9 Å². The Bertz CT molecular complexity index is 746. The standard InChI is InChI=1S/C18H26N6O/c1-12-7-19-17(20-8-12)21-9-13-6-15(25)24(18(2,3)4)16(13)14-10-22-23(5)11-14/h7-8,10-11,13,16H,6,9H2,1-5H3,(H,19,20,21)/t13-,16+/m0/s1. The molecular weight excluding hydrogens is 316 g/mol. The first-order valence-electron chi connectivity index (χ1n) is 8.59. The number of amides is 1. The summed E-state index contributed by atoms with van der Waals surface area (Å²) < 4.78 is 1.78. The Labute approximate surface area is 148 Å². The van der Waals surface area contributed by atoms with E-state index in [1.807, 2.05) is 31.3 Å². The van der Waals surface area contributed by atoms with E-state index in [-0.39, 0.29) is 23.4 Å². The van der Waals surface area contributed by atoms with Crippen LogP contribution in [0, 0.1) is 12.8 Å². The Balaban J connectivity index is 1.83. The number of aryl methyl sites for hydroxylation is 2. The third-order valence-corrected chi connectivity index (χ3v) is 4.52. The summed E-state index contributed by atoms with van der Waals surface area (Å²) in [6.07, 6.45) is 7.94. The maximum Gasteiger partial charge on any atom is 0.223 e.